The molecule has 0 saturated carbocycles. The minimum atomic E-state index is -0.243. The summed E-state index contributed by atoms with van der Waals surface area (Å²) in [6.45, 7) is 0.712. The number of nitrogen functional groups attached to an aromatic ring is 1. The first-order valence-corrected chi connectivity index (χ1v) is 5.39. The number of anilines is 1. The number of halogens is 1. The fourth-order valence-electron chi connectivity index (χ4n) is 1.02. The number of methoxy groups -OCH3 is 1. The second-order valence-corrected chi connectivity index (χ2v) is 4.02. The molecule has 2 nitrogen and oxygen atoms in total. The van der Waals surface area contributed by atoms with Crippen molar-refractivity contribution in [3.8, 4) is 0 Å². The molecule has 0 radical (unpaired) electrons. The van der Waals surface area contributed by atoms with E-state index >= 15 is 0 Å². The van der Waals surface area contributed by atoms with Crippen molar-refractivity contribution in [3.63, 3.8) is 0 Å². The number of ether oxygens (including phenoxy) is 1. The van der Waals surface area contributed by atoms with Gasteiger partial charge in [0.05, 0.1) is 0 Å². The molecule has 4 heteroatoms. The predicted molar refractivity (Wildman–Crippen MR) is 58.0 cm³/mol. The Morgan fingerprint density at radius 3 is 2.93 bits per heavy atom. The van der Waals surface area contributed by atoms with Gasteiger partial charge in [-0.3, -0.25) is 0 Å². The Bertz CT molecular complexity index is 293. The van der Waals surface area contributed by atoms with E-state index in [0.29, 0.717) is 17.2 Å². The molecule has 0 aromatic heterocycles. The lowest BCUT2D eigenvalue weighted by atomic mass is 10.3. The van der Waals surface area contributed by atoms with Crippen LogP contribution in [0.1, 0.15) is 6.42 Å². The van der Waals surface area contributed by atoms with Crippen LogP contribution >= 0.6 is 11.8 Å². The Labute approximate surface area is 87.6 Å². The maximum Gasteiger partial charge on any atom is 0.138 e. The van der Waals surface area contributed by atoms with Crippen molar-refractivity contribution < 1.29 is 9.13 Å². The Kier molecular flexibility index (Phi) is 4.76. The first-order chi connectivity index (χ1) is 6.74. The van der Waals surface area contributed by atoms with Crippen molar-refractivity contribution in [2.75, 3.05) is 25.2 Å². The van der Waals surface area contributed by atoms with Crippen molar-refractivity contribution in [1.29, 1.82) is 0 Å². The van der Waals surface area contributed by atoms with E-state index in [1.807, 2.05) is 0 Å². The van der Waals surface area contributed by atoms with E-state index in [9.17, 15) is 4.39 Å². The van der Waals surface area contributed by atoms with Gasteiger partial charge in [-0.2, -0.15) is 0 Å². The number of hydrogen-bond donors (Lipinski definition) is 1. The quantitative estimate of drug-likeness (QED) is 0.466. The molecule has 0 unspecified atom stereocenters. The average molecular weight is 215 g/mol. The Morgan fingerprint density at radius 2 is 2.29 bits per heavy atom. The molecular formula is C10H14FNOS. The zero-order valence-electron chi connectivity index (χ0n) is 8.13. The van der Waals surface area contributed by atoms with Gasteiger partial charge in [-0.25, -0.2) is 4.39 Å². The minimum absolute atomic E-state index is 0.243. The first kappa shape index (κ1) is 11.3. The second kappa shape index (κ2) is 5.88. The van der Waals surface area contributed by atoms with E-state index in [2.05, 4.69) is 0 Å². The van der Waals surface area contributed by atoms with Crippen molar-refractivity contribution in [1.82, 2.24) is 0 Å². The van der Waals surface area contributed by atoms with Crippen LogP contribution in [0.2, 0.25) is 0 Å². The number of benzene rings is 1. The van der Waals surface area contributed by atoms with Crippen LogP contribution in [-0.4, -0.2) is 19.5 Å². The highest BCUT2D eigenvalue weighted by Crippen LogP contribution is 2.23. The van der Waals surface area contributed by atoms with Crippen LogP contribution < -0.4 is 5.73 Å². The number of hydrogen-bond acceptors (Lipinski definition) is 3. The summed E-state index contributed by atoms with van der Waals surface area (Å²) in [5, 5.41) is 0. The smallest absolute Gasteiger partial charge is 0.138 e. The molecule has 14 heavy (non-hydrogen) atoms. The van der Waals surface area contributed by atoms with Crippen LogP contribution in [0, 0.1) is 5.82 Å². The molecule has 2 N–H and O–H groups in total. The first-order valence-electron chi connectivity index (χ1n) is 4.41. The maximum atomic E-state index is 13.2. The topological polar surface area (TPSA) is 35.2 Å². The van der Waals surface area contributed by atoms with Gasteiger partial charge in [0.15, 0.2) is 0 Å². The third-order valence-corrected chi connectivity index (χ3v) is 2.84. The van der Waals surface area contributed by atoms with E-state index in [0.717, 1.165) is 12.2 Å². The van der Waals surface area contributed by atoms with Gasteiger partial charge >= 0.3 is 0 Å². The van der Waals surface area contributed by atoms with Crippen molar-refractivity contribution in [2.24, 2.45) is 0 Å². The SMILES string of the molecule is COCCCSc1ccc(N)cc1F. The summed E-state index contributed by atoms with van der Waals surface area (Å²) in [6, 6.07) is 4.77. The summed E-state index contributed by atoms with van der Waals surface area (Å²) in [7, 11) is 1.66. The molecule has 0 bridgehead atoms. The third-order valence-electron chi connectivity index (χ3n) is 1.71. The molecule has 0 fully saturated rings. The Balaban J connectivity index is 2.42. The molecule has 0 saturated heterocycles. The Hall–Kier alpha value is -0.740. The highest BCUT2D eigenvalue weighted by atomic mass is 32.2. The van der Waals surface area contributed by atoms with Gasteiger partial charge in [-0.1, -0.05) is 0 Å². The summed E-state index contributed by atoms with van der Waals surface area (Å²) >= 11 is 1.49. The Morgan fingerprint density at radius 1 is 1.50 bits per heavy atom. The average Bonchev–Trinajstić information content (AvgIpc) is 2.15. The molecule has 1 aromatic carbocycles. The largest absolute Gasteiger partial charge is 0.399 e. The zero-order valence-corrected chi connectivity index (χ0v) is 8.94. The fraction of sp³-hybridized carbons (Fsp3) is 0.400. The standard InChI is InChI=1S/C10H14FNOS/c1-13-5-2-6-14-10-4-3-8(12)7-9(10)11/h3-4,7H,2,5-6,12H2,1H3. The molecule has 1 rings (SSSR count). The van der Waals surface area contributed by atoms with E-state index in [1.165, 1.54) is 17.8 Å². The van der Waals surface area contributed by atoms with Crippen LogP contribution in [0.15, 0.2) is 23.1 Å². The molecule has 0 heterocycles. The van der Waals surface area contributed by atoms with Gasteiger partial charge < -0.3 is 10.5 Å². The van der Waals surface area contributed by atoms with Crippen LogP contribution in [0.5, 0.6) is 0 Å². The van der Waals surface area contributed by atoms with E-state index in [1.54, 1.807) is 19.2 Å². The van der Waals surface area contributed by atoms with Crippen molar-refractivity contribution >= 4 is 17.4 Å². The van der Waals surface area contributed by atoms with Gasteiger partial charge in [-0.15, -0.1) is 11.8 Å². The molecule has 0 amide bonds. The lowest BCUT2D eigenvalue weighted by Gasteiger charge is -2.03. The normalized spacial score (nSPS) is 10.4. The zero-order chi connectivity index (χ0) is 10.4. The van der Waals surface area contributed by atoms with E-state index in [-0.39, 0.29) is 5.82 Å². The van der Waals surface area contributed by atoms with Gasteiger partial charge in [0.25, 0.3) is 0 Å². The number of nitrogens with two attached hydrogens (primary N) is 1. The van der Waals surface area contributed by atoms with Crippen LogP contribution in [-0.2, 0) is 4.74 Å². The van der Waals surface area contributed by atoms with Gasteiger partial charge in [0, 0.05) is 30.1 Å². The summed E-state index contributed by atoms with van der Waals surface area (Å²) in [5.41, 5.74) is 5.90. The summed E-state index contributed by atoms with van der Waals surface area (Å²) < 4.78 is 18.1. The second-order valence-electron chi connectivity index (χ2n) is 2.88. The van der Waals surface area contributed by atoms with Gasteiger partial charge in [0.1, 0.15) is 5.82 Å². The van der Waals surface area contributed by atoms with Crippen LogP contribution in [0.25, 0.3) is 0 Å². The monoisotopic (exact) mass is 215 g/mol. The number of rotatable bonds is 5. The number of thioether (sulfide) groups is 1. The lowest BCUT2D eigenvalue weighted by molar-refractivity contribution is 0.200. The van der Waals surface area contributed by atoms with Gasteiger partial charge in [0.2, 0.25) is 0 Å². The summed E-state index contributed by atoms with van der Waals surface area (Å²) in [5.74, 6) is 0.613. The third kappa shape index (κ3) is 3.55. The van der Waals surface area contributed by atoms with Crippen molar-refractivity contribution in [2.45, 2.75) is 11.3 Å². The molecule has 0 aliphatic heterocycles. The van der Waals surface area contributed by atoms with E-state index < -0.39 is 0 Å². The molecule has 78 valence electrons. The minimum Gasteiger partial charge on any atom is -0.399 e. The van der Waals surface area contributed by atoms with E-state index in [4.69, 9.17) is 10.5 Å². The highest BCUT2D eigenvalue weighted by Gasteiger charge is 2.02. The molecule has 1 aromatic rings. The molecule has 0 aliphatic carbocycles. The molecule has 0 spiro atoms. The predicted octanol–water partition coefficient (Wildman–Crippen LogP) is 2.54. The fourth-order valence-corrected chi connectivity index (χ4v) is 1.86. The van der Waals surface area contributed by atoms with Crippen LogP contribution in [0.4, 0.5) is 10.1 Å². The maximum absolute atomic E-state index is 13.2. The van der Waals surface area contributed by atoms with Crippen LogP contribution in [0.3, 0.4) is 0 Å². The lowest BCUT2D eigenvalue weighted by Crippen LogP contribution is -1.92. The molecule has 0 aliphatic rings. The molecule has 0 atom stereocenters. The van der Waals surface area contributed by atoms with Gasteiger partial charge in [-0.05, 0) is 24.6 Å². The summed E-state index contributed by atoms with van der Waals surface area (Å²) in [4.78, 5) is 0.648. The van der Waals surface area contributed by atoms with Crippen molar-refractivity contribution in [3.05, 3.63) is 24.0 Å². The molecular weight excluding hydrogens is 201 g/mol. The highest BCUT2D eigenvalue weighted by molar-refractivity contribution is 7.99. The summed E-state index contributed by atoms with van der Waals surface area (Å²) in [6.07, 6.45) is 0.922.